The highest BCUT2D eigenvalue weighted by Crippen LogP contribution is 2.20. The monoisotopic (exact) mass is 657 g/mol. The molecule has 0 aliphatic carbocycles. The van der Waals surface area contributed by atoms with Gasteiger partial charge >= 0.3 is 5.97 Å². The minimum Gasteiger partial charge on any atom is -0.481 e. The normalized spacial score (nSPS) is 11.8. The number of aliphatic carboxylic acids is 1. The number of benzene rings is 1. The van der Waals surface area contributed by atoms with E-state index in [0.29, 0.717) is 6.42 Å². The molecule has 3 heteroatoms. The Morgan fingerprint density at radius 1 is 0.447 bits per heavy atom. The summed E-state index contributed by atoms with van der Waals surface area (Å²) in [5.41, 5.74) is 1.43. The maximum absolute atomic E-state index is 11.5. The number of hydrogen-bond donors (Lipinski definition) is 1. The zero-order chi connectivity index (χ0) is 33.9. The average Bonchev–Trinajstić information content (AvgIpc) is 3.08. The summed E-state index contributed by atoms with van der Waals surface area (Å²) in [5.74, 6) is -0.640. The molecule has 1 aromatic rings. The van der Waals surface area contributed by atoms with Crippen LogP contribution in [0.5, 0.6) is 0 Å². The van der Waals surface area contributed by atoms with Crippen molar-refractivity contribution in [3.63, 3.8) is 0 Å². The molecule has 0 saturated heterocycles. The average molecular weight is 657 g/mol. The molecular weight excluding hydrogens is 574 g/mol. The van der Waals surface area contributed by atoms with Crippen molar-refractivity contribution in [1.29, 1.82) is 0 Å². The molecule has 47 heavy (non-hydrogen) atoms. The molecule has 1 aromatic carbocycles. The first-order valence-corrected chi connectivity index (χ1v) is 21.2. The number of rotatable bonds is 37. The smallest absolute Gasteiger partial charge is 0.303 e. The lowest BCUT2D eigenvalue weighted by Crippen LogP contribution is -2.51. The standard InChI is InChI=1S/C44H81NO2/c1-3-5-7-9-11-13-15-17-19-21-23-25-27-32-39-45(41-34-37-44(46)47,42-38-43-35-30-29-31-36-43)40-33-28-26-24-22-20-18-16-14-12-10-8-6-4-2/h29-31,35-36H,3-28,32-34,37-42H2,1-2H3/p+1. The van der Waals surface area contributed by atoms with Crippen LogP contribution in [0.25, 0.3) is 0 Å². The van der Waals surface area contributed by atoms with Crippen LogP contribution < -0.4 is 0 Å². The number of carboxylic acid groups (broad SMARTS) is 1. The van der Waals surface area contributed by atoms with Gasteiger partial charge in [-0.25, -0.2) is 0 Å². The fourth-order valence-electron chi connectivity index (χ4n) is 7.53. The molecule has 3 nitrogen and oxygen atoms in total. The maximum atomic E-state index is 11.5. The molecule has 0 heterocycles. The molecule has 0 aromatic heterocycles. The molecule has 0 aliphatic heterocycles. The zero-order valence-electron chi connectivity index (χ0n) is 31.9. The Morgan fingerprint density at radius 3 is 1.11 bits per heavy atom. The largest absolute Gasteiger partial charge is 0.481 e. The topological polar surface area (TPSA) is 37.3 Å². The van der Waals surface area contributed by atoms with Crippen molar-refractivity contribution in [2.24, 2.45) is 0 Å². The lowest BCUT2D eigenvalue weighted by atomic mass is 10.0. The Bertz CT molecular complexity index is 746. The third kappa shape index (κ3) is 28.2. The number of hydrogen-bond acceptors (Lipinski definition) is 1. The highest BCUT2D eigenvalue weighted by atomic mass is 16.4. The van der Waals surface area contributed by atoms with Crippen LogP contribution in [0.4, 0.5) is 0 Å². The fourth-order valence-corrected chi connectivity index (χ4v) is 7.53. The van der Waals surface area contributed by atoms with E-state index in [-0.39, 0.29) is 0 Å². The first kappa shape index (κ1) is 43.7. The maximum Gasteiger partial charge on any atom is 0.303 e. The Balaban J connectivity index is 2.41. The lowest BCUT2D eigenvalue weighted by Gasteiger charge is -2.39. The fraction of sp³-hybridized carbons (Fsp3) is 0.841. The summed E-state index contributed by atoms with van der Waals surface area (Å²) < 4.78 is 1.12. The predicted octanol–water partition coefficient (Wildman–Crippen LogP) is 13.9. The lowest BCUT2D eigenvalue weighted by molar-refractivity contribution is -0.928. The number of carbonyl (C=O) groups is 1. The van der Waals surface area contributed by atoms with Crippen LogP contribution >= 0.6 is 0 Å². The third-order valence-corrected chi connectivity index (χ3v) is 10.7. The Hall–Kier alpha value is -1.35. The second kappa shape index (κ2) is 33.2. The molecule has 0 saturated carbocycles. The van der Waals surface area contributed by atoms with Gasteiger partial charge in [0.15, 0.2) is 0 Å². The van der Waals surface area contributed by atoms with E-state index in [2.05, 4.69) is 44.2 Å². The molecule has 1 N–H and O–H groups in total. The molecule has 0 unspecified atom stereocenters. The van der Waals surface area contributed by atoms with Crippen molar-refractivity contribution in [2.45, 2.75) is 213 Å². The van der Waals surface area contributed by atoms with Crippen LogP contribution in [0.15, 0.2) is 30.3 Å². The van der Waals surface area contributed by atoms with Crippen molar-refractivity contribution < 1.29 is 14.4 Å². The first-order chi connectivity index (χ1) is 23.1. The van der Waals surface area contributed by atoms with Crippen molar-refractivity contribution in [3.8, 4) is 0 Å². The molecule has 0 aliphatic rings. The second-order valence-corrected chi connectivity index (χ2v) is 15.2. The first-order valence-electron chi connectivity index (χ1n) is 21.2. The van der Waals surface area contributed by atoms with Crippen LogP contribution in [0.1, 0.15) is 212 Å². The van der Waals surface area contributed by atoms with E-state index < -0.39 is 5.97 Å². The SMILES string of the molecule is CCCCCCCCCCCCCCCC[N+](CCCCCCCCCCCCCCCC)(CCCC(=O)O)CCc1ccccc1. The minimum atomic E-state index is -0.640. The van der Waals surface area contributed by atoms with Gasteiger partial charge in [-0.3, -0.25) is 4.79 Å². The Morgan fingerprint density at radius 2 is 0.766 bits per heavy atom. The molecule has 0 atom stereocenters. The molecule has 0 spiro atoms. The van der Waals surface area contributed by atoms with Crippen molar-refractivity contribution in [2.75, 3.05) is 26.2 Å². The minimum absolute atomic E-state index is 0.308. The Labute approximate surface area is 294 Å². The number of carboxylic acids is 1. The Kier molecular flexibility index (Phi) is 30.8. The molecule has 0 bridgehead atoms. The van der Waals surface area contributed by atoms with Gasteiger partial charge in [-0.2, -0.15) is 0 Å². The van der Waals surface area contributed by atoms with Gasteiger partial charge in [0.1, 0.15) is 0 Å². The number of quaternary nitrogens is 1. The van der Waals surface area contributed by atoms with Crippen molar-refractivity contribution >= 4 is 5.97 Å². The number of unbranched alkanes of at least 4 members (excludes halogenated alkanes) is 26. The van der Waals surface area contributed by atoms with E-state index in [4.69, 9.17) is 0 Å². The second-order valence-electron chi connectivity index (χ2n) is 15.2. The quantitative estimate of drug-likeness (QED) is 0.0571. The summed E-state index contributed by atoms with van der Waals surface area (Å²) in [6.07, 6.45) is 41.3. The van der Waals surface area contributed by atoms with Crippen molar-refractivity contribution in [3.05, 3.63) is 35.9 Å². The summed E-state index contributed by atoms with van der Waals surface area (Å²) in [6, 6.07) is 11.0. The van der Waals surface area contributed by atoms with Crippen LogP contribution in [-0.2, 0) is 11.2 Å². The van der Waals surface area contributed by atoms with Gasteiger partial charge in [0, 0.05) is 12.8 Å². The van der Waals surface area contributed by atoms with E-state index in [1.807, 2.05) is 0 Å². The zero-order valence-corrected chi connectivity index (χ0v) is 31.9. The molecule has 0 amide bonds. The molecule has 0 radical (unpaired) electrons. The molecule has 0 fully saturated rings. The van der Waals surface area contributed by atoms with E-state index in [1.54, 1.807) is 0 Å². The van der Waals surface area contributed by atoms with Gasteiger partial charge in [0.05, 0.1) is 32.6 Å². The van der Waals surface area contributed by atoms with E-state index in [9.17, 15) is 9.90 Å². The highest BCUT2D eigenvalue weighted by molar-refractivity contribution is 5.66. The van der Waals surface area contributed by atoms with Crippen molar-refractivity contribution in [1.82, 2.24) is 0 Å². The van der Waals surface area contributed by atoms with Gasteiger partial charge in [-0.15, -0.1) is 0 Å². The summed E-state index contributed by atoms with van der Waals surface area (Å²) in [5, 5.41) is 9.43. The van der Waals surface area contributed by atoms with Crippen LogP contribution in [-0.4, -0.2) is 41.7 Å². The van der Waals surface area contributed by atoms with Gasteiger partial charge < -0.3 is 9.59 Å². The van der Waals surface area contributed by atoms with Gasteiger partial charge in [-0.05, 0) is 31.2 Å². The summed E-state index contributed by atoms with van der Waals surface area (Å²) in [7, 11) is 0. The van der Waals surface area contributed by atoms with E-state index >= 15 is 0 Å². The van der Waals surface area contributed by atoms with E-state index in [1.165, 1.54) is 198 Å². The molecule has 274 valence electrons. The van der Waals surface area contributed by atoms with E-state index in [0.717, 1.165) is 30.4 Å². The van der Waals surface area contributed by atoms with Gasteiger partial charge in [-0.1, -0.05) is 198 Å². The summed E-state index contributed by atoms with van der Waals surface area (Å²) in [6.45, 7) is 9.22. The predicted molar refractivity (Wildman–Crippen MR) is 207 cm³/mol. The molecule has 1 rings (SSSR count). The third-order valence-electron chi connectivity index (χ3n) is 10.7. The molecular formula is C44H82NO2+. The van der Waals surface area contributed by atoms with Gasteiger partial charge in [0.25, 0.3) is 0 Å². The van der Waals surface area contributed by atoms with Gasteiger partial charge in [0.2, 0.25) is 0 Å². The number of nitrogens with zero attached hydrogens (tertiary/aromatic N) is 1. The summed E-state index contributed by atoms with van der Waals surface area (Å²) in [4.78, 5) is 11.5. The van der Waals surface area contributed by atoms with Crippen LogP contribution in [0, 0.1) is 0 Å². The van der Waals surface area contributed by atoms with Crippen LogP contribution in [0.3, 0.4) is 0 Å². The summed E-state index contributed by atoms with van der Waals surface area (Å²) >= 11 is 0. The highest BCUT2D eigenvalue weighted by Gasteiger charge is 2.26. The van der Waals surface area contributed by atoms with Crippen LogP contribution in [0.2, 0.25) is 0 Å².